The highest BCUT2D eigenvalue weighted by molar-refractivity contribution is 6.31. The molecule has 0 spiro atoms. The number of ether oxygens (including phenoxy) is 1. The Morgan fingerprint density at radius 3 is 2.43 bits per heavy atom. The number of hydrogen-bond acceptors (Lipinski definition) is 3. The van der Waals surface area contributed by atoms with Gasteiger partial charge >= 0.3 is 6.61 Å². The van der Waals surface area contributed by atoms with Gasteiger partial charge in [-0.3, -0.25) is 4.79 Å². The van der Waals surface area contributed by atoms with Crippen LogP contribution in [0.1, 0.15) is 11.1 Å². The number of anilines is 2. The van der Waals surface area contributed by atoms with E-state index in [0.717, 1.165) is 11.1 Å². The second kappa shape index (κ2) is 8.13. The highest BCUT2D eigenvalue weighted by atomic mass is 35.5. The third kappa shape index (κ3) is 4.06. The monoisotopic (exact) mass is 448 g/mol. The summed E-state index contributed by atoms with van der Waals surface area (Å²) in [5.41, 5.74) is 1.61. The van der Waals surface area contributed by atoms with Gasteiger partial charge in [0.25, 0.3) is 5.91 Å². The predicted molar refractivity (Wildman–Crippen MR) is 114 cm³/mol. The van der Waals surface area contributed by atoms with Gasteiger partial charge in [0, 0.05) is 33.4 Å². The number of halogens is 4. The molecule has 0 aromatic heterocycles. The summed E-state index contributed by atoms with van der Waals surface area (Å²) < 4.78 is 29.2. The Balaban J connectivity index is 1.74. The maximum Gasteiger partial charge on any atom is 0.387 e. The van der Waals surface area contributed by atoms with E-state index in [-0.39, 0.29) is 11.7 Å². The van der Waals surface area contributed by atoms with E-state index in [1.165, 1.54) is 12.1 Å². The summed E-state index contributed by atoms with van der Waals surface area (Å²) in [4.78, 5) is 13.2. The summed E-state index contributed by atoms with van der Waals surface area (Å²) in [5, 5.41) is 7.23. The van der Waals surface area contributed by atoms with Crippen molar-refractivity contribution in [2.24, 2.45) is 0 Å². The van der Waals surface area contributed by atoms with Crippen LogP contribution in [0.2, 0.25) is 10.0 Å². The van der Waals surface area contributed by atoms with Crippen LogP contribution < -0.4 is 15.4 Å². The van der Waals surface area contributed by atoms with E-state index in [1.54, 1.807) is 42.5 Å². The van der Waals surface area contributed by atoms with Crippen molar-refractivity contribution in [1.29, 1.82) is 0 Å². The van der Waals surface area contributed by atoms with Gasteiger partial charge in [-0.05, 0) is 54.1 Å². The maximum absolute atomic E-state index is 13.2. The molecule has 1 amide bonds. The van der Waals surface area contributed by atoms with E-state index in [4.69, 9.17) is 23.2 Å². The first-order valence-electron chi connectivity index (χ1n) is 9.05. The zero-order valence-electron chi connectivity index (χ0n) is 15.5. The van der Waals surface area contributed by atoms with Gasteiger partial charge in [-0.15, -0.1) is 0 Å². The van der Waals surface area contributed by atoms with Crippen molar-refractivity contribution in [1.82, 2.24) is 0 Å². The SMILES string of the molecule is O=C1Nc2cc(Cl)ccc2C1(Cc1cccc(Cl)c1)Nc1ccc(OC(F)F)cc1. The van der Waals surface area contributed by atoms with Crippen molar-refractivity contribution in [3.8, 4) is 5.75 Å². The normalized spacial score (nSPS) is 17.6. The fraction of sp³-hybridized carbons (Fsp3) is 0.136. The van der Waals surface area contributed by atoms with Crippen molar-refractivity contribution in [2.45, 2.75) is 18.6 Å². The molecule has 1 atom stereocenters. The number of fused-ring (bicyclic) bond motifs is 1. The van der Waals surface area contributed by atoms with Crippen LogP contribution in [-0.4, -0.2) is 12.5 Å². The van der Waals surface area contributed by atoms with Gasteiger partial charge in [0.05, 0.1) is 0 Å². The summed E-state index contributed by atoms with van der Waals surface area (Å²) >= 11 is 12.2. The Bertz CT molecular complexity index is 1090. The van der Waals surface area contributed by atoms with Gasteiger partial charge in [0.2, 0.25) is 0 Å². The molecule has 30 heavy (non-hydrogen) atoms. The molecule has 0 fully saturated rings. The lowest BCUT2D eigenvalue weighted by Crippen LogP contribution is -2.44. The number of amides is 1. The van der Waals surface area contributed by atoms with E-state index >= 15 is 0 Å². The van der Waals surface area contributed by atoms with Crippen molar-refractivity contribution in [3.63, 3.8) is 0 Å². The van der Waals surface area contributed by atoms with Crippen molar-refractivity contribution < 1.29 is 18.3 Å². The molecular weight excluding hydrogens is 433 g/mol. The van der Waals surface area contributed by atoms with Gasteiger partial charge in [0.15, 0.2) is 0 Å². The molecule has 3 aromatic carbocycles. The van der Waals surface area contributed by atoms with Crippen molar-refractivity contribution in [2.75, 3.05) is 10.6 Å². The second-order valence-corrected chi connectivity index (χ2v) is 7.76. The molecule has 0 radical (unpaired) electrons. The Hall–Kier alpha value is -2.83. The number of hydrogen-bond donors (Lipinski definition) is 2. The first-order valence-corrected chi connectivity index (χ1v) is 9.80. The number of alkyl halides is 2. The Morgan fingerprint density at radius 1 is 1.00 bits per heavy atom. The van der Waals surface area contributed by atoms with Gasteiger partial charge < -0.3 is 15.4 Å². The molecule has 0 saturated carbocycles. The molecule has 0 bridgehead atoms. The minimum atomic E-state index is -2.91. The predicted octanol–water partition coefficient (Wildman–Crippen LogP) is 6.10. The molecular formula is C22H16Cl2F2N2O2. The van der Waals surface area contributed by atoms with Crippen molar-refractivity contribution in [3.05, 3.63) is 87.9 Å². The molecule has 1 heterocycles. The smallest absolute Gasteiger partial charge is 0.387 e. The van der Waals surface area contributed by atoms with Crippen molar-refractivity contribution >= 4 is 40.5 Å². The fourth-order valence-electron chi connectivity index (χ4n) is 3.61. The maximum atomic E-state index is 13.2. The van der Waals surface area contributed by atoms with Gasteiger partial charge in [0.1, 0.15) is 11.3 Å². The first kappa shape index (κ1) is 20.4. The van der Waals surface area contributed by atoms with Crippen LogP contribution in [0, 0.1) is 0 Å². The average Bonchev–Trinajstić information content (AvgIpc) is 2.93. The Labute approximate surface area is 181 Å². The minimum absolute atomic E-state index is 0.0301. The third-order valence-corrected chi connectivity index (χ3v) is 5.34. The summed E-state index contributed by atoms with van der Waals surface area (Å²) in [6.07, 6.45) is 0.309. The molecule has 1 unspecified atom stereocenters. The highest BCUT2D eigenvalue weighted by Crippen LogP contribution is 2.42. The van der Waals surface area contributed by atoms with Crippen LogP contribution in [0.5, 0.6) is 5.75 Å². The molecule has 4 nitrogen and oxygen atoms in total. The molecule has 2 N–H and O–H groups in total. The molecule has 4 rings (SSSR count). The molecule has 1 aliphatic rings. The molecule has 0 saturated heterocycles. The lowest BCUT2D eigenvalue weighted by Gasteiger charge is -2.30. The number of benzene rings is 3. The van der Waals surface area contributed by atoms with E-state index in [1.807, 2.05) is 12.1 Å². The zero-order valence-corrected chi connectivity index (χ0v) is 17.0. The van der Waals surface area contributed by atoms with Gasteiger partial charge in [-0.25, -0.2) is 0 Å². The summed E-state index contributed by atoms with van der Waals surface area (Å²) in [7, 11) is 0. The van der Waals surface area contributed by atoms with Crippen LogP contribution in [0.15, 0.2) is 66.7 Å². The number of nitrogens with one attached hydrogen (secondary N) is 2. The molecule has 1 aliphatic heterocycles. The topological polar surface area (TPSA) is 50.4 Å². The standard InChI is InChI=1S/C22H16Cl2F2N2O2/c23-14-3-1-2-13(10-14)12-22(18-9-4-15(24)11-19(18)27-20(22)29)28-16-5-7-17(8-6-16)30-21(25)26/h1-11,21,28H,12H2,(H,27,29). The van der Waals surface area contributed by atoms with Crippen LogP contribution in [-0.2, 0) is 16.8 Å². The molecule has 154 valence electrons. The number of carbonyl (C=O) groups is 1. The Morgan fingerprint density at radius 2 is 1.73 bits per heavy atom. The number of rotatable bonds is 6. The molecule has 0 aliphatic carbocycles. The van der Waals surface area contributed by atoms with E-state index < -0.39 is 12.2 Å². The summed E-state index contributed by atoms with van der Waals surface area (Å²) in [6.45, 7) is -2.91. The van der Waals surface area contributed by atoms with Gasteiger partial charge in [-0.2, -0.15) is 8.78 Å². The molecule has 3 aromatic rings. The van der Waals surface area contributed by atoms with Crippen LogP contribution in [0.25, 0.3) is 0 Å². The second-order valence-electron chi connectivity index (χ2n) is 6.88. The lowest BCUT2D eigenvalue weighted by atomic mass is 9.84. The van der Waals surface area contributed by atoms with Crippen LogP contribution in [0.3, 0.4) is 0 Å². The minimum Gasteiger partial charge on any atom is -0.435 e. The molecule has 8 heteroatoms. The van der Waals surface area contributed by atoms with Crippen LogP contribution >= 0.6 is 23.2 Å². The first-order chi connectivity index (χ1) is 14.4. The Kier molecular flexibility index (Phi) is 5.54. The fourth-order valence-corrected chi connectivity index (χ4v) is 3.99. The lowest BCUT2D eigenvalue weighted by molar-refractivity contribution is -0.119. The summed E-state index contributed by atoms with van der Waals surface area (Å²) in [6, 6.07) is 18.5. The van der Waals surface area contributed by atoms with E-state index in [0.29, 0.717) is 27.8 Å². The van der Waals surface area contributed by atoms with E-state index in [2.05, 4.69) is 15.4 Å². The quantitative estimate of drug-likeness (QED) is 0.479. The largest absolute Gasteiger partial charge is 0.435 e. The van der Waals surface area contributed by atoms with E-state index in [9.17, 15) is 13.6 Å². The summed E-state index contributed by atoms with van der Waals surface area (Å²) in [5.74, 6) is -0.227. The average molecular weight is 449 g/mol. The van der Waals surface area contributed by atoms with Crippen LogP contribution in [0.4, 0.5) is 20.2 Å². The number of carbonyl (C=O) groups excluding carboxylic acids is 1. The van der Waals surface area contributed by atoms with Gasteiger partial charge in [-0.1, -0.05) is 41.4 Å². The zero-order chi connectivity index (χ0) is 21.3. The highest BCUT2D eigenvalue weighted by Gasteiger charge is 2.47. The third-order valence-electron chi connectivity index (χ3n) is 4.87.